The van der Waals surface area contributed by atoms with Crippen LogP contribution in [0.15, 0.2) is 24.3 Å². The molecule has 5 heteroatoms. The molecular weight excluding hydrogens is 262 g/mol. The Balaban J connectivity index is 2.44. The summed E-state index contributed by atoms with van der Waals surface area (Å²) >= 11 is 0. The van der Waals surface area contributed by atoms with Gasteiger partial charge in [0, 0.05) is 12.2 Å². The highest BCUT2D eigenvalue weighted by molar-refractivity contribution is 7.91. The molecule has 0 bridgehead atoms. The fourth-order valence-electron chi connectivity index (χ4n) is 2.69. The molecule has 0 spiro atoms. The Labute approximate surface area is 113 Å². The first-order valence-electron chi connectivity index (χ1n) is 6.06. The molecule has 0 radical (unpaired) electrons. The Hall–Kier alpha value is -1.67. The molecule has 100 valence electrons. The molecular formula is C14H15NO3S. The van der Waals surface area contributed by atoms with E-state index in [2.05, 4.69) is 0 Å². The number of rotatable bonds is 4. The Morgan fingerprint density at radius 2 is 1.95 bits per heavy atom. The van der Waals surface area contributed by atoms with Gasteiger partial charge < -0.3 is 4.79 Å². The summed E-state index contributed by atoms with van der Waals surface area (Å²) in [5, 5.41) is 8.26. The monoisotopic (exact) mass is 277 g/mol. The van der Waals surface area contributed by atoms with Crippen molar-refractivity contribution in [3.8, 4) is 6.07 Å². The lowest BCUT2D eigenvalue weighted by atomic mass is 10.0. The van der Waals surface area contributed by atoms with E-state index in [1.54, 1.807) is 0 Å². The topological polar surface area (TPSA) is 75.0 Å². The number of benzene rings is 1. The molecule has 4 nitrogen and oxygen atoms in total. The van der Waals surface area contributed by atoms with Crippen LogP contribution in [0.25, 0.3) is 0 Å². The minimum absolute atomic E-state index is 0.483. The van der Waals surface area contributed by atoms with E-state index in [0.717, 1.165) is 23.8 Å². The number of nitrogens with zero attached hydrogens (tertiary/aromatic N) is 1. The zero-order chi connectivity index (χ0) is 14.3. The highest BCUT2D eigenvalue weighted by Gasteiger charge is 2.71. The van der Waals surface area contributed by atoms with Crippen LogP contribution in [-0.2, 0) is 21.1 Å². The highest BCUT2D eigenvalue weighted by atomic mass is 32.2. The Morgan fingerprint density at radius 3 is 2.26 bits per heavy atom. The first kappa shape index (κ1) is 13.8. The van der Waals surface area contributed by atoms with Gasteiger partial charge in [-0.1, -0.05) is 31.2 Å². The van der Waals surface area contributed by atoms with Crippen LogP contribution in [0.1, 0.15) is 24.0 Å². The molecule has 2 rings (SSSR count). The largest absolute Gasteiger partial charge is 0.302 e. The van der Waals surface area contributed by atoms with Crippen molar-refractivity contribution in [1.82, 2.24) is 0 Å². The number of hydrogen-bond acceptors (Lipinski definition) is 4. The van der Waals surface area contributed by atoms with Crippen LogP contribution in [0.4, 0.5) is 0 Å². The zero-order valence-electron chi connectivity index (χ0n) is 10.8. The van der Waals surface area contributed by atoms with Crippen LogP contribution < -0.4 is 0 Å². The van der Waals surface area contributed by atoms with Gasteiger partial charge in [0.1, 0.15) is 11.7 Å². The summed E-state index contributed by atoms with van der Waals surface area (Å²) in [5.74, 6) is -0.545. The molecule has 1 aliphatic carbocycles. The van der Waals surface area contributed by atoms with Crippen molar-refractivity contribution in [1.29, 1.82) is 5.26 Å². The normalized spacial score (nSPS) is 29.5. The molecule has 1 aromatic carbocycles. The molecule has 0 N–H and O–H groups in total. The van der Waals surface area contributed by atoms with Crippen molar-refractivity contribution < 1.29 is 13.2 Å². The molecule has 1 aromatic rings. The van der Waals surface area contributed by atoms with Gasteiger partial charge in [-0.25, -0.2) is 8.42 Å². The van der Waals surface area contributed by atoms with Crippen LogP contribution in [0, 0.1) is 16.7 Å². The van der Waals surface area contributed by atoms with Gasteiger partial charge in [0.25, 0.3) is 0 Å². The minimum atomic E-state index is -3.43. The van der Waals surface area contributed by atoms with Gasteiger partial charge in [-0.05, 0) is 17.5 Å². The molecule has 0 amide bonds. The molecule has 0 saturated heterocycles. The molecule has 0 heterocycles. The van der Waals surface area contributed by atoms with E-state index in [4.69, 9.17) is 0 Å². The van der Waals surface area contributed by atoms with E-state index in [0.29, 0.717) is 6.29 Å². The maximum Gasteiger partial charge on any atom is 0.153 e. The average molecular weight is 277 g/mol. The third kappa shape index (κ3) is 2.06. The molecule has 1 saturated carbocycles. The van der Waals surface area contributed by atoms with Crippen LogP contribution in [0.5, 0.6) is 0 Å². The smallest absolute Gasteiger partial charge is 0.153 e. The maximum atomic E-state index is 11.7. The molecule has 0 unspecified atom stereocenters. The fourth-order valence-corrected chi connectivity index (χ4v) is 4.45. The van der Waals surface area contributed by atoms with E-state index < -0.39 is 26.4 Å². The fraction of sp³-hybridized carbons (Fsp3) is 0.429. The van der Waals surface area contributed by atoms with Crippen molar-refractivity contribution in [3.63, 3.8) is 0 Å². The van der Waals surface area contributed by atoms with Crippen molar-refractivity contribution >= 4 is 16.1 Å². The zero-order valence-corrected chi connectivity index (χ0v) is 11.6. The van der Waals surface area contributed by atoms with E-state index in [1.807, 2.05) is 37.3 Å². The van der Waals surface area contributed by atoms with Crippen LogP contribution in [0.2, 0.25) is 0 Å². The maximum absolute atomic E-state index is 11.7. The van der Waals surface area contributed by atoms with E-state index in [-0.39, 0.29) is 0 Å². The van der Waals surface area contributed by atoms with E-state index >= 15 is 0 Å². The second kappa shape index (κ2) is 4.46. The molecule has 0 aromatic heterocycles. The van der Waals surface area contributed by atoms with Crippen LogP contribution in [0.3, 0.4) is 0 Å². The third-order valence-corrected chi connectivity index (χ3v) is 5.36. The van der Waals surface area contributed by atoms with Gasteiger partial charge in [-0.3, -0.25) is 0 Å². The quantitative estimate of drug-likeness (QED) is 0.781. The molecule has 1 aliphatic rings. The van der Waals surface area contributed by atoms with Crippen molar-refractivity contribution in [2.45, 2.75) is 24.5 Å². The van der Waals surface area contributed by atoms with Gasteiger partial charge in [0.05, 0.1) is 11.3 Å². The summed E-state index contributed by atoms with van der Waals surface area (Å²) in [7, 11) is -3.43. The SMILES string of the molecule is CCc1ccc([C@@H]2[C@@H](S(C)(=O)=O)[C@@]2(C#N)C=O)cc1. The second-order valence-corrected chi connectivity index (χ2v) is 7.15. The number of carbonyl (C=O) groups is 1. The average Bonchev–Trinajstić information content (AvgIpc) is 3.09. The molecule has 0 aliphatic heterocycles. The van der Waals surface area contributed by atoms with Gasteiger partial charge in [0.15, 0.2) is 9.84 Å². The lowest BCUT2D eigenvalue weighted by Crippen LogP contribution is -2.14. The first-order valence-corrected chi connectivity index (χ1v) is 8.01. The number of aldehydes is 1. The predicted octanol–water partition coefficient (Wildman–Crippen LogP) is 1.47. The summed E-state index contributed by atoms with van der Waals surface area (Å²) in [6.07, 6.45) is 2.45. The lowest BCUT2D eigenvalue weighted by Gasteiger charge is -2.02. The minimum Gasteiger partial charge on any atom is -0.302 e. The number of hydrogen-bond donors (Lipinski definition) is 0. The summed E-state index contributed by atoms with van der Waals surface area (Å²) < 4.78 is 23.4. The van der Waals surface area contributed by atoms with Crippen molar-refractivity contribution in [2.24, 2.45) is 5.41 Å². The standard InChI is InChI=1S/C14H15NO3S/c1-3-10-4-6-11(7-5-10)12-13(19(2,17)18)14(12,8-15)9-16/h4-7,9,12-13H,3H2,1-2H3/t12-,13-,14+/m1/s1. The molecule has 3 atom stereocenters. The van der Waals surface area contributed by atoms with Crippen molar-refractivity contribution in [2.75, 3.05) is 6.26 Å². The second-order valence-electron chi connectivity index (χ2n) is 4.99. The van der Waals surface area contributed by atoms with Gasteiger partial charge in [0.2, 0.25) is 0 Å². The predicted molar refractivity (Wildman–Crippen MR) is 71.3 cm³/mol. The van der Waals surface area contributed by atoms with E-state index in [1.165, 1.54) is 0 Å². The van der Waals surface area contributed by atoms with Gasteiger partial charge >= 0.3 is 0 Å². The Kier molecular flexibility index (Phi) is 3.23. The Morgan fingerprint density at radius 1 is 1.37 bits per heavy atom. The Bertz CT molecular complexity index is 642. The van der Waals surface area contributed by atoms with E-state index in [9.17, 15) is 18.5 Å². The molecule has 19 heavy (non-hydrogen) atoms. The third-order valence-electron chi connectivity index (χ3n) is 3.78. The molecule has 1 fully saturated rings. The number of sulfone groups is 1. The van der Waals surface area contributed by atoms with Crippen LogP contribution >= 0.6 is 0 Å². The highest BCUT2D eigenvalue weighted by Crippen LogP contribution is 2.61. The lowest BCUT2D eigenvalue weighted by molar-refractivity contribution is -0.110. The summed E-state index contributed by atoms with van der Waals surface area (Å²) in [6, 6.07) is 9.31. The summed E-state index contributed by atoms with van der Waals surface area (Å²) in [5.41, 5.74) is 0.455. The summed E-state index contributed by atoms with van der Waals surface area (Å²) in [6.45, 7) is 2.02. The van der Waals surface area contributed by atoms with Gasteiger partial charge in [-0.15, -0.1) is 0 Å². The number of aryl methyl sites for hydroxylation is 1. The van der Waals surface area contributed by atoms with Crippen LogP contribution in [-0.4, -0.2) is 26.2 Å². The number of carbonyl (C=O) groups excluding carboxylic acids is 1. The van der Waals surface area contributed by atoms with Gasteiger partial charge in [-0.2, -0.15) is 5.26 Å². The van der Waals surface area contributed by atoms with Crippen molar-refractivity contribution in [3.05, 3.63) is 35.4 Å². The number of nitriles is 1. The summed E-state index contributed by atoms with van der Waals surface area (Å²) in [4.78, 5) is 11.2. The first-order chi connectivity index (χ1) is 8.90.